The van der Waals surface area contributed by atoms with Crippen LogP contribution < -0.4 is 4.74 Å². The summed E-state index contributed by atoms with van der Waals surface area (Å²) in [5.41, 5.74) is 1.46. The molecule has 2 aromatic carbocycles. The minimum Gasteiger partial charge on any atom is -0.491 e. The van der Waals surface area contributed by atoms with E-state index in [2.05, 4.69) is 0 Å². The fourth-order valence-corrected chi connectivity index (χ4v) is 2.88. The molecule has 1 saturated carbocycles. The van der Waals surface area contributed by atoms with Gasteiger partial charge in [0.1, 0.15) is 30.1 Å². The van der Waals surface area contributed by atoms with Gasteiger partial charge in [-0.2, -0.15) is 0 Å². The van der Waals surface area contributed by atoms with Crippen LogP contribution in [0.15, 0.2) is 42.5 Å². The van der Waals surface area contributed by atoms with Crippen molar-refractivity contribution in [1.29, 1.82) is 0 Å². The molecule has 0 heterocycles. The molecule has 3 rings (SSSR count). The van der Waals surface area contributed by atoms with Crippen molar-refractivity contribution < 1.29 is 18.6 Å². The predicted octanol–water partition coefficient (Wildman–Crippen LogP) is 3.68. The van der Waals surface area contributed by atoms with Crippen LogP contribution in [0.2, 0.25) is 0 Å². The molecule has 5 heteroatoms. The second-order valence-electron chi connectivity index (χ2n) is 6.63. The summed E-state index contributed by atoms with van der Waals surface area (Å²) in [7, 11) is 0. The summed E-state index contributed by atoms with van der Waals surface area (Å²) in [6.45, 7) is 2.89. The number of nitrogens with zero attached hydrogens (tertiary/aromatic N) is 1. The summed E-state index contributed by atoms with van der Waals surface area (Å²) in [5, 5.41) is 10.3. The Morgan fingerprint density at radius 2 is 1.96 bits per heavy atom. The Labute approximate surface area is 146 Å². The first-order valence-corrected chi connectivity index (χ1v) is 8.57. The molecule has 0 radical (unpaired) electrons. The van der Waals surface area contributed by atoms with Crippen LogP contribution in [0.25, 0.3) is 0 Å². The largest absolute Gasteiger partial charge is 0.491 e. The van der Waals surface area contributed by atoms with Gasteiger partial charge in [0, 0.05) is 30.8 Å². The number of benzene rings is 2. The Balaban J connectivity index is 1.57. The van der Waals surface area contributed by atoms with E-state index in [9.17, 15) is 13.9 Å². The molecule has 25 heavy (non-hydrogen) atoms. The topological polar surface area (TPSA) is 32.7 Å². The van der Waals surface area contributed by atoms with Crippen LogP contribution in [0.3, 0.4) is 0 Å². The Morgan fingerprint density at radius 3 is 2.64 bits per heavy atom. The maximum absolute atomic E-state index is 13.9. The molecule has 0 bridgehead atoms. The first kappa shape index (κ1) is 17.8. The summed E-state index contributed by atoms with van der Waals surface area (Å²) in [6.07, 6.45) is 1.39. The van der Waals surface area contributed by atoms with Crippen LogP contribution in [0, 0.1) is 18.6 Å². The van der Waals surface area contributed by atoms with E-state index in [0.717, 1.165) is 30.2 Å². The third-order valence-electron chi connectivity index (χ3n) is 4.42. The van der Waals surface area contributed by atoms with E-state index in [1.54, 1.807) is 0 Å². The lowest BCUT2D eigenvalue weighted by atomic mass is 10.2. The molecular formula is C20H23F2NO2. The minimum absolute atomic E-state index is 0.181. The second kappa shape index (κ2) is 7.93. The molecule has 0 aromatic heterocycles. The van der Waals surface area contributed by atoms with Gasteiger partial charge in [0.15, 0.2) is 0 Å². The van der Waals surface area contributed by atoms with Crippen LogP contribution in [0.4, 0.5) is 8.78 Å². The number of hydrogen-bond donors (Lipinski definition) is 1. The minimum atomic E-state index is -0.677. The molecule has 0 amide bonds. The molecule has 134 valence electrons. The Kier molecular flexibility index (Phi) is 5.66. The van der Waals surface area contributed by atoms with Gasteiger partial charge in [0.2, 0.25) is 0 Å². The van der Waals surface area contributed by atoms with Gasteiger partial charge in [0.25, 0.3) is 0 Å². The normalized spacial score (nSPS) is 15.4. The average molecular weight is 347 g/mol. The highest BCUT2D eigenvalue weighted by Crippen LogP contribution is 2.29. The van der Waals surface area contributed by atoms with Crippen LogP contribution >= 0.6 is 0 Å². The van der Waals surface area contributed by atoms with Crippen molar-refractivity contribution >= 4 is 0 Å². The molecule has 3 nitrogen and oxygen atoms in total. The highest BCUT2D eigenvalue weighted by molar-refractivity contribution is 5.31. The second-order valence-corrected chi connectivity index (χ2v) is 6.63. The van der Waals surface area contributed by atoms with E-state index >= 15 is 0 Å². The third kappa shape index (κ3) is 5.00. The number of aryl methyl sites for hydroxylation is 1. The van der Waals surface area contributed by atoms with Crippen molar-refractivity contribution in [3.05, 3.63) is 65.2 Å². The molecule has 1 unspecified atom stereocenters. The maximum Gasteiger partial charge on any atom is 0.130 e. The van der Waals surface area contributed by atoms with E-state index in [1.807, 2.05) is 36.1 Å². The van der Waals surface area contributed by atoms with Gasteiger partial charge >= 0.3 is 0 Å². The zero-order chi connectivity index (χ0) is 17.8. The van der Waals surface area contributed by atoms with E-state index in [4.69, 9.17) is 4.74 Å². The van der Waals surface area contributed by atoms with Crippen molar-refractivity contribution in [1.82, 2.24) is 4.90 Å². The maximum atomic E-state index is 13.9. The zero-order valence-electron chi connectivity index (χ0n) is 14.3. The molecular weight excluding hydrogens is 324 g/mol. The molecule has 1 aliphatic carbocycles. The summed E-state index contributed by atoms with van der Waals surface area (Å²) < 4.78 is 32.6. The van der Waals surface area contributed by atoms with Gasteiger partial charge in [-0.25, -0.2) is 8.78 Å². The standard InChI is InChI=1S/C20H23F2NO2/c1-14-4-2-3-5-20(14)25-13-18(24)12-23(17-8-9-17)11-15-6-7-16(21)10-19(15)22/h2-7,10,17-18,24H,8-9,11-13H2,1H3. The van der Waals surface area contributed by atoms with E-state index in [0.29, 0.717) is 24.7 Å². The first-order valence-electron chi connectivity index (χ1n) is 8.57. The van der Waals surface area contributed by atoms with Gasteiger partial charge in [-0.15, -0.1) is 0 Å². The van der Waals surface area contributed by atoms with E-state index in [1.165, 1.54) is 12.1 Å². The van der Waals surface area contributed by atoms with Gasteiger partial charge in [-0.1, -0.05) is 24.3 Å². The van der Waals surface area contributed by atoms with Crippen molar-refractivity contribution in [3.63, 3.8) is 0 Å². The van der Waals surface area contributed by atoms with E-state index in [-0.39, 0.29) is 6.61 Å². The molecule has 1 aliphatic rings. The molecule has 1 fully saturated rings. The number of halogens is 2. The molecule has 2 aromatic rings. The summed E-state index contributed by atoms with van der Waals surface area (Å²) >= 11 is 0. The SMILES string of the molecule is Cc1ccccc1OCC(O)CN(Cc1ccc(F)cc1F)C1CC1. The zero-order valence-corrected chi connectivity index (χ0v) is 14.3. The smallest absolute Gasteiger partial charge is 0.130 e. The van der Waals surface area contributed by atoms with Crippen LogP contribution in [0.1, 0.15) is 24.0 Å². The Bertz CT molecular complexity index is 719. The lowest BCUT2D eigenvalue weighted by molar-refractivity contribution is 0.0620. The highest BCUT2D eigenvalue weighted by Gasteiger charge is 2.31. The van der Waals surface area contributed by atoms with Gasteiger partial charge in [0.05, 0.1) is 0 Å². The van der Waals surface area contributed by atoms with Crippen LogP contribution in [0.5, 0.6) is 5.75 Å². The fourth-order valence-electron chi connectivity index (χ4n) is 2.88. The van der Waals surface area contributed by atoms with Gasteiger partial charge < -0.3 is 9.84 Å². The number of hydrogen-bond acceptors (Lipinski definition) is 3. The summed E-state index contributed by atoms with van der Waals surface area (Å²) in [4.78, 5) is 2.04. The lowest BCUT2D eigenvalue weighted by Gasteiger charge is -2.25. The van der Waals surface area contributed by atoms with Gasteiger partial charge in [-0.3, -0.25) is 4.90 Å². The van der Waals surface area contributed by atoms with E-state index < -0.39 is 17.7 Å². The quantitative estimate of drug-likeness (QED) is 0.791. The summed E-state index contributed by atoms with van der Waals surface area (Å²) in [6, 6.07) is 11.6. The van der Waals surface area contributed by atoms with Crippen LogP contribution in [-0.4, -0.2) is 35.3 Å². The first-order chi connectivity index (χ1) is 12.0. The Hall–Kier alpha value is -1.98. The van der Waals surface area contributed by atoms with Crippen molar-refractivity contribution in [2.75, 3.05) is 13.2 Å². The monoisotopic (exact) mass is 347 g/mol. The number of rotatable bonds is 8. The third-order valence-corrected chi connectivity index (χ3v) is 4.42. The number of para-hydroxylation sites is 1. The number of aliphatic hydroxyl groups is 1. The highest BCUT2D eigenvalue weighted by atomic mass is 19.1. The fraction of sp³-hybridized carbons (Fsp3) is 0.400. The van der Waals surface area contributed by atoms with Gasteiger partial charge in [-0.05, 0) is 37.5 Å². The van der Waals surface area contributed by atoms with Crippen molar-refractivity contribution in [2.45, 2.75) is 38.5 Å². The summed E-state index contributed by atoms with van der Waals surface area (Å²) in [5.74, 6) is -0.369. The predicted molar refractivity (Wildman–Crippen MR) is 92.5 cm³/mol. The van der Waals surface area contributed by atoms with Crippen molar-refractivity contribution in [2.24, 2.45) is 0 Å². The number of aliphatic hydroxyl groups excluding tert-OH is 1. The molecule has 0 aliphatic heterocycles. The van der Waals surface area contributed by atoms with Crippen molar-refractivity contribution in [3.8, 4) is 5.75 Å². The number of ether oxygens (including phenoxy) is 1. The average Bonchev–Trinajstić information content (AvgIpc) is 3.41. The molecule has 1 atom stereocenters. The Morgan fingerprint density at radius 1 is 1.20 bits per heavy atom. The molecule has 0 saturated heterocycles. The van der Waals surface area contributed by atoms with Crippen LogP contribution in [-0.2, 0) is 6.54 Å². The lowest BCUT2D eigenvalue weighted by Crippen LogP contribution is -2.37. The molecule has 1 N–H and O–H groups in total. The molecule has 0 spiro atoms.